The van der Waals surface area contributed by atoms with Crippen LogP contribution in [0, 0.1) is 5.41 Å². The number of hydrogen-bond donors (Lipinski definition) is 1. The predicted molar refractivity (Wildman–Crippen MR) is 126 cm³/mol. The van der Waals surface area contributed by atoms with Gasteiger partial charge in [0.1, 0.15) is 5.82 Å². The summed E-state index contributed by atoms with van der Waals surface area (Å²) in [5.74, 6) is 1.40. The van der Waals surface area contributed by atoms with Crippen LogP contribution in [0.1, 0.15) is 51.1 Å². The summed E-state index contributed by atoms with van der Waals surface area (Å²) in [6.45, 7) is 8.30. The highest BCUT2D eigenvalue weighted by atomic mass is 16.5. The van der Waals surface area contributed by atoms with Crippen molar-refractivity contribution in [1.82, 2.24) is 24.8 Å². The molecule has 2 aliphatic rings. The lowest BCUT2D eigenvalue weighted by Gasteiger charge is -2.44. The van der Waals surface area contributed by atoms with E-state index in [1.54, 1.807) is 0 Å². The molecule has 0 unspecified atom stereocenters. The first-order chi connectivity index (χ1) is 15.6. The fourth-order valence-corrected chi connectivity index (χ4v) is 5.38. The van der Waals surface area contributed by atoms with Crippen LogP contribution in [0.25, 0.3) is 27.8 Å². The molecule has 4 aromatic rings. The zero-order valence-electron chi connectivity index (χ0n) is 18.8. The predicted octanol–water partition coefficient (Wildman–Crippen LogP) is 4.79. The normalized spacial score (nSPS) is 18.9. The Bertz CT molecular complexity index is 1260. The van der Waals surface area contributed by atoms with Gasteiger partial charge in [0.15, 0.2) is 5.65 Å². The highest BCUT2D eigenvalue weighted by molar-refractivity contribution is 5.86. The van der Waals surface area contributed by atoms with Crippen LogP contribution in [0.2, 0.25) is 0 Å². The van der Waals surface area contributed by atoms with Gasteiger partial charge in [0, 0.05) is 37.3 Å². The molecular weight excluding hydrogens is 400 g/mol. The van der Waals surface area contributed by atoms with E-state index in [4.69, 9.17) is 9.84 Å². The number of nitrogens with one attached hydrogen (secondary N) is 1. The van der Waals surface area contributed by atoms with Gasteiger partial charge in [-0.1, -0.05) is 19.9 Å². The van der Waals surface area contributed by atoms with Crippen LogP contribution in [0.5, 0.6) is 0 Å². The van der Waals surface area contributed by atoms with Gasteiger partial charge in [0.05, 0.1) is 23.1 Å². The summed E-state index contributed by atoms with van der Waals surface area (Å²) < 4.78 is 7.59. The van der Waals surface area contributed by atoms with Gasteiger partial charge in [0.25, 0.3) is 0 Å². The summed E-state index contributed by atoms with van der Waals surface area (Å²) in [5, 5.41) is 13.9. The molecule has 0 saturated carbocycles. The maximum absolute atomic E-state index is 5.60. The van der Waals surface area contributed by atoms with Gasteiger partial charge in [-0.2, -0.15) is 5.10 Å². The lowest BCUT2D eigenvalue weighted by atomic mass is 9.72. The van der Waals surface area contributed by atoms with Crippen LogP contribution >= 0.6 is 0 Å². The molecule has 2 aliphatic heterocycles. The summed E-state index contributed by atoms with van der Waals surface area (Å²) in [6, 6.07) is 10.6. The Labute approximate surface area is 187 Å². The summed E-state index contributed by atoms with van der Waals surface area (Å²) in [7, 11) is 0. The second-order valence-electron chi connectivity index (χ2n) is 9.73. The highest BCUT2D eigenvalue weighted by Gasteiger charge is 2.36. The smallest absolute Gasteiger partial charge is 0.154 e. The van der Waals surface area contributed by atoms with Gasteiger partial charge in [-0.3, -0.25) is 5.10 Å². The second-order valence-corrected chi connectivity index (χ2v) is 9.73. The number of imidazole rings is 1. The fourth-order valence-electron chi connectivity index (χ4n) is 5.38. The zero-order valence-corrected chi connectivity index (χ0v) is 18.8. The largest absolute Gasteiger partial charge is 0.381 e. The minimum absolute atomic E-state index is 0.365. The molecular formula is C25H30N6O. The molecule has 0 atom stereocenters. The number of benzene rings is 1. The number of aromatic amines is 1. The van der Waals surface area contributed by atoms with Crippen molar-refractivity contribution in [2.45, 2.75) is 45.4 Å². The Balaban J connectivity index is 1.32. The van der Waals surface area contributed by atoms with E-state index in [2.05, 4.69) is 64.3 Å². The number of H-pyrrole nitrogens is 1. The third-order valence-electron chi connectivity index (χ3n) is 7.48. The van der Waals surface area contributed by atoms with Crippen molar-refractivity contribution in [2.24, 2.45) is 5.41 Å². The molecule has 3 aromatic heterocycles. The van der Waals surface area contributed by atoms with Crippen LogP contribution in [-0.4, -0.2) is 51.1 Å². The third-order valence-corrected chi connectivity index (χ3v) is 7.48. The van der Waals surface area contributed by atoms with E-state index < -0.39 is 0 Å². The maximum atomic E-state index is 5.60. The van der Waals surface area contributed by atoms with E-state index in [0.717, 1.165) is 60.2 Å². The molecule has 1 aromatic carbocycles. The van der Waals surface area contributed by atoms with Gasteiger partial charge in [-0.15, -0.1) is 5.10 Å². The molecule has 0 aliphatic carbocycles. The van der Waals surface area contributed by atoms with E-state index in [1.165, 1.54) is 31.1 Å². The van der Waals surface area contributed by atoms with Crippen LogP contribution in [0.3, 0.4) is 0 Å². The van der Waals surface area contributed by atoms with Crippen molar-refractivity contribution in [3.05, 3.63) is 42.2 Å². The first-order valence-corrected chi connectivity index (χ1v) is 11.8. The number of rotatable bonds is 3. The number of aromatic nitrogens is 5. The number of hydrogen-bond acceptors (Lipinski definition) is 5. The maximum Gasteiger partial charge on any atom is 0.154 e. The summed E-state index contributed by atoms with van der Waals surface area (Å²) in [6.07, 6.45) is 6.78. The average molecular weight is 431 g/mol. The SMILES string of the molecule is CC(C)c1n[nH]c2ccc(-c3cnc4ccc(N5CCC6(CCOCC6)CC5)nn34)cc12. The monoisotopic (exact) mass is 430 g/mol. The Morgan fingerprint density at radius 2 is 1.84 bits per heavy atom. The van der Waals surface area contributed by atoms with Gasteiger partial charge in [0.2, 0.25) is 0 Å². The first kappa shape index (κ1) is 19.7. The minimum atomic E-state index is 0.365. The number of ether oxygens (including phenoxy) is 1. The van der Waals surface area contributed by atoms with E-state index in [0.29, 0.717) is 11.3 Å². The van der Waals surface area contributed by atoms with Crippen molar-refractivity contribution < 1.29 is 4.74 Å². The van der Waals surface area contributed by atoms with Crippen molar-refractivity contribution in [1.29, 1.82) is 0 Å². The summed E-state index contributed by atoms with van der Waals surface area (Å²) in [4.78, 5) is 7.05. The van der Waals surface area contributed by atoms with E-state index in [9.17, 15) is 0 Å². The topological polar surface area (TPSA) is 71.3 Å². The molecule has 0 radical (unpaired) electrons. The van der Waals surface area contributed by atoms with Crippen LogP contribution in [-0.2, 0) is 4.74 Å². The lowest BCUT2D eigenvalue weighted by molar-refractivity contribution is 0.00204. The van der Waals surface area contributed by atoms with Crippen molar-refractivity contribution in [2.75, 3.05) is 31.2 Å². The molecule has 5 heterocycles. The van der Waals surface area contributed by atoms with E-state index >= 15 is 0 Å². The highest BCUT2D eigenvalue weighted by Crippen LogP contribution is 2.41. The first-order valence-electron chi connectivity index (χ1n) is 11.8. The van der Waals surface area contributed by atoms with Crippen LogP contribution in [0.4, 0.5) is 5.82 Å². The van der Waals surface area contributed by atoms with Gasteiger partial charge < -0.3 is 9.64 Å². The number of fused-ring (bicyclic) bond motifs is 2. The van der Waals surface area contributed by atoms with E-state index in [1.807, 2.05) is 10.7 Å². The molecule has 32 heavy (non-hydrogen) atoms. The summed E-state index contributed by atoms with van der Waals surface area (Å²) in [5.41, 5.74) is 5.64. The molecule has 2 saturated heterocycles. The Morgan fingerprint density at radius 1 is 1.03 bits per heavy atom. The number of piperidine rings is 1. The average Bonchev–Trinajstić information content (AvgIpc) is 3.43. The Morgan fingerprint density at radius 3 is 2.62 bits per heavy atom. The van der Waals surface area contributed by atoms with Crippen LogP contribution < -0.4 is 4.90 Å². The second kappa shape index (κ2) is 7.59. The Hall–Kier alpha value is -2.93. The molecule has 6 rings (SSSR count). The Kier molecular flexibility index (Phi) is 4.68. The standard InChI is InChI=1S/C25H30N6O/c1-17(2)24-19-15-18(3-4-20(19)27-28-24)21-16-26-22-5-6-23(29-31(21)22)30-11-7-25(8-12-30)9-13-32-14-10-25/h3-6,15-17H,7-14H2,1-2H3,(H,27,28). The molecule has 0 bridgehead atoms. The molecule has 7 nitrogen and oxygen atoms in total. The van der Waals surface area contributed by atoms with Crippen molar-refractivity contribution in [3.63, 3.8) is 0 Å². The quantitative estimate of drug-likeness (QED) is 0.506. The molecule has 2 fully saturated rings. The van der Waals surface area contributed by atoms with Crippen LogP contribution in [0.15, 0.2) is 36.5 Å². The number of anilines is 1. The van der Waals surface area contributed by atoms with Gasteiger partial charge >= 0.3 is 0 Å². The third kappa shape index (κ3) is 3.26. The molecule has 166 valence electrons. The molecule has 7 heteroatoms. The van der Waals surface area contributed by atoms with Gasteiger partial charge in [-0.25, -0.2) is 9.50 Å². The summed E-state index contributed by atoms with van der Waals surface area (Å²) >= 11 is 0. The molecule has 1 N–H and O–H groups in total. The van der Waals surface area contributed by atoms with Crippen molar-refractivity contribution >= 4 is 22.4 Å². The minimum Gasteiger partial charge on any atom is -0.381 e. The fraction of sp³-hybridized carbons (Fsp3) is 0.480. The number of nitrogens with zero attached hydrogens (tertiary/aromatic N) is 5. The van der Waals surface area contributed by atoms with E-state index in [-0.39, 0.29) is 0 Å². The molecule has 1 spiro atoms. The molecule has 0 amide bonds. The van der Waals surface area contributed by atoms with Gasteiger partial charge in [-0.05, 0) is 61.3 Å². The van der Waals surface area contributed by atoms with Crippen molar-refractivity contribution in [3.8, 4) is 11.3 Å². The lowest BCUT2D eigenvalue weighted by Crippen LogP contribution is -2.43. The zero-order chi connectivity index (χ0) is 21.7.